The summed E-state index contributed by atoms with van der Waals surface area (Å²) in [5.41, 5.74) is 6.98. The fourth-order valence-electron chi connectivity index (χ4n) is 2.95. The smallest absolute Gasteiger partial charge is 0.00975 e. The van der Waals surface area contributed by atoms with Gasteiger partial charge in [-0.3, -0.25) is 0 Å². The molecule has 0 amide bonds. The van der Waals surface area contributed by atoms with Crippen LogP contribution in [0.2, 0.25) is 0 Å². The van der Waals surface area contributed by atoms with Gasteiger partial charge in [0.25, 0.3) is 0 Å². The van der Waals surface area contributed by atoms with Gasteiger partial charge in [-0.2, -0.15) is 0 Å². The number of hydrogen-bond acceptors (Lipinski definition) is 0. The first kappa shape index (κ1) is 12.7. The van der Waals surface area contributed by atoms with Crippen LogP contribution in [0.4, 0.5) is 0 Å². The van der Waals surface area contributed by atoms with Crippen LogP contribution in [0.5, 0.6) is 0 Å². The minimum absolute atomic E-state index is 0.262. The lowest BCUT2D eigenvalue weighted by atomic mass is 9.79. The summed E-state index contributed by atoms with van der Waals surface area (Å²) in [6.07, 6.45) is 3.75. The number of fused-ring (bicyclic) bond motifs is 1. The molecule has 0 unspecified atom stereocenters. The first-order valence-electron chi connectivity index (χ1n) is 6.92. The maximum Gasteiger partial charge on any atom is -0.00975 e. The van der Waals surface area contributed by atoms with Crippen molar-refractivity contribution in [2.45, 2.75) is 71.6 Å². The monoisotopic (exact) mass is 230 g/mol. The molecule has 0 radical (unpaired) electrons. The maximum atomic E-state index is 2.47. The highest BCUT2D eigenvalue weighted by Gasteiger charge is 2.32. The largest absolute Gasteiger partial charge is 0.0613 e. The van der Waals surface area contributed by atoms with Crippen LogP contribution >= 0.6 is 0 Å². The van der Waals surface area contributed by atoms with E-state index in [1.165, 1.54) is 24.8 Å². The number of benzene rings is 1. The molecule has 1 aromatic rings. The lowest BCUT2D eigenvalue weighted by Gasteiger charge is -2.26. The van der Waals surface area contributed by atoms with Gasteiger partial charge in [0.2, 0.25) is 0 Å². The van der Waals surface area contributed by atoms with Crippen molar-refractivity contribution >= 4 is 0 Å². The quantitative estimate of drug-likeness (QED) is 0.652. The van der Waals surface area contributed by atoms with E-state index in [9.17, 15) is 0 Å². The highest BCUT2D eigenvalue weighted by atomic mass is 14.4. The van der Waals surface area contributed by atoms with E-state index in [2.05, 4.69) is 53.7 Å². The molecule has 0 N–H and O–H groups in total. The summed E-state index contributed by atoms with van der Waals surface area (Å²) in [4.78, 5) is 0. The number of rotatable bonds is 1. The second-order valence-corrected chi connectivity index (χ2v) is 7.15. The molecule has 2 rings (SSSR count). The van der Waals surface area contributed by atoms with Crippen molar-refractivity contribution in [3.05, 3.63) is 34.4 Å². The van der Waals surface area contributed by atoms with Gasteiger partial charge in [0.1, 0.15) is 0 Å². The van der Waals surface area contributed by atoms with Crippen LogP contribution in [0.15, 0.2) is 12.1 Å². The summed E-state index contributed by atoms with van der Waals surface area (Å²) >= 11 is 0. The third-order valence-corrected chi connectivity index (χ3v) is 4.32. The molecule has 1 aromatic carbocycles. The van der Waals surface area contributed by atoms with Crippen LogP contribution in [0.25, 0.3) is 0 Å². The number of hydrogen-bond donors (Lipinski definition) is 0. The molecule has 0 saturated carbocycles. The van der Waals surface area contributed by atoms with Gasteiger partial charge in [0.15, 0.2) is 0 Å². The maximum absolute atomic E-state index is 2.47. The molecule has 0 atom stereocenters. The standard InChI is InChI=1S/C17H26/c1-7-12-10-13(16(2,3)4)11-15-14(12)8-9-17(15,5)6/h10-11H,7-9H2,1-6H3. The Bertz CT molecular complexity index is 430. The first-order valence-corrected chi connectivity index (χ1v) is 6.92. The normalized spacial score (nSPS) is 18.2. The topological polar surface area (TPSA) is 0 Å². The predicted octanol–water partition coefficient (Wildman–Crippen LogP) is 4.77. The Labute approximate surface area is 106 Å². The zero-order chi connectivity index (χ0) is 12.8. The van der Waals surface area contributed by atoms with Crippen molar-refractivity contribution in [1.29, 1.82) is 0 Å². The highest BCUT2D eigenvalue weighted by Crippen LogP contribution is 2.42. The molecule has 0 nitrogen and oxygen atoms in total. The van der Waals surface area contributed by atoms with Gasteiger partial charge in [-0.15, -0.1) is 0 Å². The van der Waals surface area contributed by atoms with E-state index >= 15 is 0 Å². The molecule has 0 heterocycles. The fraction of sp³-hybridized carbons (Fsp3) is 0.647. The van der Waals surface area contributed by atoms with E-state index < -0.39 is 0 Å². The van der Waals surface area contributed by atoms with Crippen molar-refractivity contribution in [2.24, 2.45) is 0 Å². The Morgan fingerprint density at radius 2 is 1.82 bits per heavy atom. The second kappa shape index (κ2) is 3.86. The van der Waals surface area contributed by atoms with Gasteiger partial charge < -0.3 is 0 Å². The highest BCUT2D eigenvalue weighted by molar-refractivity contribution is 5.48. The van der Waals surface area contributed by atoms with Crippen molar-refractivity contribution < 1.29 is 0 Å². The van der Waals surface area contributed by atoms with Crippen LogP contribution in [0.3, 0.4) is 0 Å². The van der Waals surface area contributed by atoms with E-state index in [0.29, 0.717) is 5.41 Å². The summed E-state index contributed by atoms with van der Waals surface area (Å²) in [5.74, 6) is 0. The van der Waals surface area contributed by atoms with Gasteiger partial charge in [-0.25, -0.2) is 0 Å². The van der Waals surface area contributed by atoms with Gasteiger partial charge in [0.05, 0.1) is 0 Å². The molecule has 94 valence electrons. The molecule has 1 aliphatic rings. The van der Waals surface area contributed by atoms with Crippen LogP contribution in [-0.2, 0) is 23.7 Å². The molecule has 1 aliphatic carbocycles. The molecule has 0 bridgehead atoms. The Balaban J connectivity index is 2.63. The predicted molar refractivity (Wildman–Crippen MR) is 75.9 cm³/mol. The lowest BCUT2D eigenvalue weighted by molar-refractivity contribution is 0.519. The van der Waals surface area contributed by atoms with E-state index in [-0.39, 0.29) is 5.41 Å². The van der Waals surface area contributed by atoms with Crippen molar-refractivity contribution in [1.82, 2.24) is 0 Å². The summed E-state index contributed by atoms with van der Waals surface area (Å²) in [5, 5.41) is 0. The average Bonchev–Trinajstić information content (AvgIpc) is 2.53. The Morgan fingerprint density at radius 1 is 1.18 bits per heavy atom. The van der Waals surface area contributed by atoms with E-state index in [1.54, 1.807) is 16.7 Å². The van der Waals surface area contributed by atoms with Crippen LogP contribution in [-0.4, -0.2) is 0 Å². The van der Waals surface area contributed by atoms with Gasteiger partial charge in [-0.1, -0.05) is 53.7 Å². The molecule has 0 spiro atoms. The zero-order valence-corrected chi connectivity index (χ0v) is 12.3. The third kappa shape index (κ3) is 2.14. The van der Waals surface area contributed by atoms with Crippen molar-refractivity contribution in [3.63, 3.8) is 0 Å². The van der Waals surface area contributed by atoms with Crippen LogP contribution in [0, 0.1) is 0 Å². The molecule has 17 heavy (non-hydrogen) atoms. The molecule has 0 saturated heterocycles. The minimum Gasteiger partial charge on any atom is -0.0613 e. The minimum atomic E-state index is 0.262. The van der Waals surface area contributed by atoms with Gasteiger partial charge in [0, 0.05) is 0 Å². The second-order valence-electron chi connectivity index (χ2n) is 7.15. The molecular weight excluding hydrogens is 204 g/mol. The van der Waals surface area contributed by atoms with Gasteiger partial charge >= 0.3 is 0 Å². The summed E-state index contributed by atoms with van der Waals surface area (Å²) in [6.45, 7) is 14.0. The van der Waals surface area contributed by atoms with E-state index in [0.717, 1.165) is 0 Å². The van der Waals surface area contributed by atoms with Crippen LogP contribution < -0.4 is 0 Å². The number of aryl methyl sites for hydroxylation is 1. The Morgan fingerprint density at radius 3 is 2.35 bits per heavy atom. The summed E-state index contributed by atoms with van der Waals surface area (Å²) in [7, 11) is 0. The lowest BCUT2D eigenvalue weighted by Crippen LogP contribution is -2.17. The summed E-state index contributed by atoms with van der Waals surface area (Å²) < 4.78 is 0. The SMILES string of the molecule is CCc1cc(C(C)(C)C)cc2c1CCC2(C)C. The third-order valence-electron chi connectivity index (χ3n) is 4.32. The zero-order valence-electron chi connectivity index (χ0n) is 12.3. The average molecular weight is 230 g/mol. The Kier molecular flexibility index (Phi) is 2.88. The van der Waals surface area contributed by atoms with Crippen LogP contribution in [0.1, 0.15) is 70.2 Å². The molecule has 0 fully saturated rings. The van der Waals surface area contributed by atoms with E-state index in [4.69, 9.17) is 0 Å². The first-order chi connectivity index (χ1) is 7.75. The van der Waals surface area contributed by atoms with Crippen molar-refractivity contribution in [2.75, 3.05) is 0 Å². The molecule has 0 aliphatic heterocycles. The fourth-order valence-corrected chi connectivity index (χ4v) is 2.95. The summed E-state index contributed by atoms with van der Waals surface area (Å²) in [6, 6.07) is 4.92. The van der Waals surface area contributed by atoms with E-state index in [1.807, 2.05) is 0 Å². The molecule has 0 heteroatoms. The Hall–Kier alpha value is -0.780. The van der Waals surface area contributed by atoms with Gasteiger partial charge in [-0.05, 0) is 52.3 Å². The molecular formula is C17H26. The molecule has 0 aromatic heterocycles. The van der Waals surface area contributed by atoms with Crippen molar-refractivity contribution in [3.8, 4) is 0 Å².